The lowest BCUT2D eigenvalue weighted by molar-refractivity contribution is -0.115. The summed E-state index contributed by atoms with van der Waals surface area (Å²) in [5, 5.41) is 2.58. The molecule has 0 unspecified atom stereocenters. The van der Waals surface area contributed by atoms with Crippen molar-refractivity contribution >= 4 is 35.2 Å². The minimum absolute atomic E-state index is 0.0911. The minimum atomic E-state index is -0.556. The van der Waals surface area contributed by atoms with Crippen LogP contribution in [0.2, 0.25) is 0 Å². The van der Waals surface area contributed by atoms with Crippen LogP contribution in [0.5, 0.6) is 0 Å². The van der Waals surface area contributed by atoms with E-state index in [-0.39, 0.29) is 16.9 Å². The van der Waals surface area contributed by atoms with Crippen molar-refractivity contribution in [2.75, 3.05) is 5.32 Å². The Morgan fingerprint density at radius 1 is 1.22 bits per heavy atom. The quantitative estimate of drug-likeness (QED) is 0.729. The largest absolute Gasteiger partial charge is 0.459 e. The summed E-state index contributed by atoms with van der Waals surface area (Å²) in [6, 6.07) is 8.01. The smallest absolute Gasteiger partial charge is 0.305 e. The van der Waals surface area contributed by atoms with Gasteiger partial charge in [0, 0.05) is 10.5 Å². The summed E-state index contributed by atoms with van der Waals surface area (Å²) in [6.07, 6.45) is 1.36. The van der Waals surface area contributed by atoms with Gasteiger partial charge in [0.1, 0.15) is 0 Å². The molecule has 23 heavy (non-hydrogen) atoms. The van der Waals surface area contributed by atoms with E-state index in [0.717, 1.165) is 4.90 Å². The Labute approximate surface area is 135 Å². The van der Waals surface area contributed by atoms with Crippen LogP contribution in [0.4, 0.5) is 5.69 Å². The molecule has 0 bridgehead atoms. The first-order valence-electron chi connectivity index (χ1n) is 6.80. The predicted molar refractivity (Wildman–Crippen MR) is 84.0 cm³/mol. The van der Waals surface area contributed by atoms with Crippen molar-refractivity contribution in [3.63, 3.8) is 0 Å². The average Bonchev–Trinajstić information content (AvgIpc) is 3.07. The number of thioether (sulfide) groups is 1. The minimum Gasteiger partial charge on any atom is -0.459 e. The van der Waals surface area contributed by atoms with E-state index in [1.54, 1.807) is 24.3 Å². The Balaban J connectivity index is 1.67. The van der Waals surface area contributed by atoms with Crippen molar-refractivity contribution in [1.29, 1.82) is 0 Å². The number of nitrogens with one attached hydrogen (secondary N) is 3. The highest BCUT2D eigenvalue weighted by Gasteiger charge is 2.23. The molecule has 0 saturated carbocycles. The number of benzene rings is 1. The maximum absolute atomic E-state index is 12.1. The number of fused-ring (bicyclic) bond motifs is 1. The Morgan fingerprint density at radius 3 is 2.74 bits per heavy atom. The van der Waals surface area contributed by atoms with E-state index in [2.05, 4.69) is 16.2 Å². The molecule has 1 aliphatic heterocycles. The van der Waals surface area contributed by atoms with E-state index in [0.29, 0.717) is 11.3 Å². The van der Waals surface area contributed by atoms with Gasteiger partial charge in [-0.2, -0.15) is 0 Å². The second-order valence-electron chi connectivity index (χ2n) is 4.85. The van der Waals surface area contributed by atoms with E-state index in [1.165, 1.54) is 24.1 Å². The lowest BCUT2D eigenvalue weighted by atomic mass is 10.2. The Hall–Kier alpha value is -2.74. The van der Waals surface area contributed by atoms with Gasteiger partial charge in [0.25, 0.3) is 5.91 Å². The first kappa shape index (κ1) is 15.2. The Bertz CT molecular complexity index is 773. The average molecular weight is 331 g/mol. The van der Waals surface area contributed by atoms with Crippen LogP contribution in [0.25, 0.3) is 0 Å². The summed E-state index contributed by atoms with van der Waals surface area (Å²) in [4.78, 5) is 36.3. The highest BCUT2D eigenvalue weighted by molar-refractivity contribution is 8.00. The van der Waals surface area contributed by atoms with Crippen LogP contribution in [0.15, 0.2) is 45.9 Å². The van der Waals surface area contributed by atoms with Gasteiger partial charge in [-0.25, -0.2) is 0 Å². The molecule has 0 spiro atoms. The van der Waals surface area contributed by atoms with Crippen LogP contribution in [-0.2, 0) is 4.79 Å². The maximum atomic E-state index is 12.1. The van der Waals surface area contributed by atoms with Gasteiger partial charge in [-0.05, 0) is 37.3 Å². The standard InChI is InChI=1S/C15H13N3O4S/c1-8-13(19)16-10-7-9(4-5-12(10)23-8)14(20)17-18-15(21)11-3-2-6-22-11/h2-8H,1H3,(H,16,19)(H,17,20)(H,18,21)/t8-/m1/s1. The molecule has 0 aliphatic carbocycles. The van der Waals surface area contributed by atoms with Crippen molar-refractivity contribution in [1.82, 2.24) is 10.9 Å². The molecule has 7 nitrogen and oxygen atoms in total. The molecule has 0 saturated heterocycles. The summed E-state index contributed by atoms with van der Waals surface area (Å²) in [5.41, 5.74) is 5.45. The predicted octanol–water partition coefficient (Wildman–Crippen LogP) is 1.79. The molecule has 1 atom stereocenters. The fourth-order valence-electron chi connectivity index (χ4n) is 2.01. The van der Waals surface area contributed by atoms with Crippen molar-refractivity contribution < 1.29 is 18.8 Å². The number of carbonyl (C=O) groups is 3. The lowest BCUT2D eigenvalue weighted by Gasteiger charge is -2.21. The zero-order chi connectivity index (χ0) is 16.4. The van der Waals surface area contributed by atoms with E-state index in [4.69, 9.17) is 4.42 Å². The molecular formula is C15H13N3O4S. The van der Waals surface area contributed by atoms with Crippen LogP contribution in [-0.4, -0.2) is 23.0 Å². The molecule has 2 aromatic rings. The Kier molecular flexibility index (Phi) is 4.07. The number of hydrogen-bond donors (Lipinski definition) is 3. The molecule has 1 aliphatic rings. The number of furan rings is 1. The highest BCUT2D eigenvalue weighted by atomic mass is 32.2. The van der Waals surface area contributed by atoms with Crippen LogP contribution in [0.3, 0.4) is 0 Å². The number of amides is 3. The van der Waals surface area contributed by atoms with Gasteiger partial charge in [-0.3, -0.25) is 25.2 Å². The summed E-state index contributed by atoms with van der Waals surface area (Å²) in [7, 11) is 0. The summed E-state index contributed by atoms with van der Waals surface area (Å²) in [5.74, 6) is -1.07. The van der Waals surface area contributed by atoms with Gasteiger partial charge in [-0.1, -0.05) is 0 Å². The molecule has 1 aromatic heterocycles. The molecule has 3 N–H and O–H groups in total. The first-order valence-corrected chi connectivity index (χ1v) is 7.68. The van der Waals surface area contributed by atoms with Gasteiger partial charge >= 0.3 is 5.91 Å². The van der Waals surface area contributed by atoms with E-state index >= 15 is 0 Å². The molecule has 8 heteroatoms. The van der Waals surface area contributed by atoms with E-state index in [1.807, 2.05) is 6.92 Å². The normalized spacial score (nSPS) is 16.2. The van der Waals surface area contributed by atoms with Gasteiger partial charge in [0.15, 0.2) is 5.76 Å². The SMILES string of the molecule is C[C@H]1Sc2ccc(C(=O)NNC(=O)c3ccco3)cc2NC1=O. The number of hydrazine groups is 1. The molecule has 118 valence electrons. The van der Waals surface area contributed by atoms with Crippen molar-refractivity contribution in [3.05, 3.63) is 47.9 Å². The molecule has 3 rings (SSSR count). The zero-order valence-corrected chi connectivity index (χ0v) is 12.9. The van der Waals surface area contributed by atoms with Crippen molar-refractivity contribution in [3.8, 4) is 0 Å². The fraction of sp³-hybridized carbons (Fsp3) is 0.133. The monoisotopic (exact) mass is 331 g/mol. The third kappa shape index (κ3) is 3.21. The molecule has 0 fully saturated rings. The fourth-order valence-corrected chi connectivity index (χ4v) is 2.94. The topological polar surface area (TPSA) is 100 Å². The van der Waals surface area contributed by atoms with Crippen LogP contribution >= 0.6 is 11.8 Å². The molecule has 2 heterocycles. The van der Waals surface area contributed by atoms with Gasteiger partial charge in [0.05, 0.1) is 17.2 Å². The molecular weight excluding hydrogens is 318 g/mol. The lowest BCUT2D eigenvalue weighted by Crippen LogP contribution is -2.41. The first-order chi connectivity index (χ1) is 11.0. The summed E-state index contributed by atoms with van der Waals surface area (Å²) >= 11 is 1.43. The third-order valence-electron chi connectivity index (χ3n) is 3.21. The van der Waals surface area contributed by atoms with Gasteiger partial charge in [-0.15, -0.1) is 11.8 Å². The van der Waals surface area contributed by atoms with Gasteiger partial charge < -0.3 is 9.73 Å². The van der Waals surface area contributed by atoms with Crippen LogP contribution < -0.4 is 16.2 Å². The molecule has 1 aromatic carbocycles. The number of rotatable bonds is 2. The van der Waals surface area contributed by atoms with Crippen LogP contribution in [0.1, 0.15) is 27.8 Å². The van der Waals surface area contributed by atoms with E-state index < -0.39 is 11.8 Å². The number of hydrogen-bond acceptors (Lipinski definition) is 5. The maximum Gasteiger partial charge on any atom is 0.305 e. The summed E-state index contributed by atoms with van der Waals surface area (Å²) < 4.78 is 4.92. The number of anilines is 1. The van der Waals surface area contributed by atoms with Gasteiger partial charge in [0.2, 0.25) is 5.91 Å². The Morgan fingerprint density at radius 2 is 2.00 bits per heavy atom. The molecule has 3 amide bonds. The third-order valence-corrected chi connectivity index (χ3v) is 4.38. The summed E-state index contributed by atoms with van der Waals surface area (Å²) in [6.45, 7) is 1.81. The van der Waals surface area contributed by atoms with Crippen molar-refractivity contribution in [2.24, 2.45) is 0 Å². The zero-order valence-electron chi connectivity index (χ0n) is 12.1. The highest BCUT2D eigenvalue weighted by Crippen LogP contribution is 2.35. The van der Waals surface area contributed by atoms with Crippen molar-refractivity contribution in [2.45, 2.75) is 17.1 Å². The second-order valence-corrected chi connectivity index (χ2v) is 6.23. The second kappa shape index (κ2) is 6.17. The number of carbonyl (C=O) groups excluding carboxylic acids is 3. The van der Waals surface area contributed by atoms with Crippen LogP contribution in [0, 0.1) is 0 Å². The van der Waals surface area contributed by atoms with E-state index in [9.17, 15) is 14.4 Å². The molecule has 0 radical (unpaired) electrons.